The Morgan fingerprint density at radius 3 is 2.41 bits per heavy atom. The zero-order valence-corrected chi connectivity index (χ0v) is 17.1. The maximum atomic E-state index is 12.9. The Labute approximate surface area is 172 Å². The molecule has 0 aliphatic carbocycles. The van der Waals surface area contributed by atoms with Gasteiger partial charge >= 0.3 is 5.69 Å². The topological polar surface area (TPSA) is 81.3 Å². The third kappa shape index (κ3) is 4.63. The van der Waals surface area contributed by atoms with Crippen LogP contribution in [0, 0.1) is 0 Å². The molecule has 1 N–H and O–H groups in total. The van der Waals surface area contributed by atoms with Crippen molar-refractivity contribution in [1.29, 1.82) is 0 Å². The monoisotopic (exact) mass is 410 g/mol. The maximum Gasteiger partial charge on any atom is 0.334 e. The van der Waals surface area contributed by atoms with Crippen molar-refractivity contribution in [3.05, 3.63) is 96.3 Å². The number of Topliss-reactive ketones (excluding diaryl/α,β-unsaturated/α-hetero) is 1. The van der Waals surface area contributed by atoms with Crippen molar-refractivity contribution in [3.8, 4) is 5.88 Å². The lowest BCUT2D eigenvalue weighted by atomic mass is 10.1. The molecule has 0 radical (unpaired) electrons. The number of carbonyl (C=O) groups excluding carboxylic acids is 1. The average Bonchev–Trinajstić information content (AvgIpc) is 3.18. The Bertz CT molecular complexity index is 1150. The van der Waals surface area contributed by atoms with Gasteiger partial charge in [-0.1, -0.05) is 48.0 Å². The number of aromatic nitrogens is 2. The smallest absolute Gasteiger partial charge is 0.334 e. The van der Waals surface area contributed by atoms with Crippen LogP contribution in [0.1, 0.15) is 34.6 Å². The minimum absolute atomic E-state index is 0.00729. The number of benzene rings is 1. The van der Waals surface area contributed by atoms with E-state index in [2.05, 4.69) is 0 Å². The molecule has 3 aromatic rings. The van der Waals surface area contributed by atoms with E-state index in [0.29, 0.717) is 0 Å². The fraction of sp³-hybridized carbons (Fsp3) is 0.227. The number of allylic oxidation sites excluding steroid dienone is 2. The number of ketones is 1. The lowest BCUT2D eigenvalue weighted by Crippen LogP contribution is -2.42. The molecule has 2 heterocycles. The fourth-order valence-corrected chi connectivity index (χ4v) is 3.64. The Morgan fingerprint density at radius 2 is 1.79 bits per heavy atom. The summed E-state index contributed by atoms with van der Waals surface area (Å²) in [7, 11) is 0. The summed E-state index contributed by atoms with van der Waals surface area (Å²) < 4.78 is 2.08. The van der Waals surface area contributed by atoms with Crippen molar-refractivity contribution in [2.75, 3.05) is 0 Å². The van der Waals surface area contributed by atoms with E-state index in [1.807, 2.05) is 55.6 Å². The molecule has 0 fully saturated rings. The molecule has 0 spiro atoms. The number of thiophene rings is 1. The summed E-state index contributed by atoms with van der Waals surface area (Å²) in [6.07, 6.45) is 1.73. The molecule has 0 bridgehead atoms. The first-order chi connectivity index (χ1) is 13.9. The number of nitrogens with zero attached hydrogens (tertiary/aromatic N) is 2. The highest BCUT2D eigenvalue weighted by Gasteiger charge is 2.24. The second-order valence-electron chi connectivity index (χ2n) is 6.93. The van der Waals surface area contributed by atoms with E-state index in [1.54, 1.807) is 12.1 Å². The Morgan fingerprint density at radius 1 is 1.07 bits per heavy atom. The summed E-state index contributed by atoms with van der Waals surface area (Å²) >= 11 is 1.40. The van der Waals surface area contributed by atoms with Crippen LogP contribution in [0.4, 0.5) is 0 Å². The van der Waals surface area contributed by atoms with Crippen LogP contribution in [-0.2, 0) is 19.5 Å². The lowest BCUT2D eigenvalue weighted by molar-refractivity contribution is 0.0987. The van der Waals surface area contributed by atoms with Crippen molar-refractivity contribution >= 4 is 17.1 Å². The van der Waals surface area contributed by atoms with Crippen LogP contribution in [0.5, 0.6) is 5.88 Å². The van der Waals surface area contributed by atoms with Crippen LogP contribution in [0.3, 0.4) is 0 Å². The Hall–Kier alpha value is -3.19. The van der Waals surface area contributed by atoms with Gasteiger partial charge in [-0.2, -0.15) is 0 Å². The molecule has 6 nitrogen and oxygen atoms in total. The van der Waals surface area contributed by atoms with Gasteiger partial charge in [-0.25, -0.2) is 4.79 Å². The van der Waals surface area contributed by atoms with E-state index in [4.69, 9.17) is 0 Å². The second kappa shape index (κ2) is 8.87. The minimum Gasteiger partial charge on any atom is -0.494 e. The predicted octanol–water partition coefficient (Wildman–Crippen LogP) is 3.22. The molecule has 0 unspecified atom stereocenters. The summed E-state index contributed by atoms with van der Waals surface area (Å²) in [5.41, 5.74) is -0.0621. The molecule has 29 heavy (non-hydrogen) atoms. The predicted molar refractivity (Wildman–Crippen MR) is 114 cm³/mol. The zero-order valence-electron chi connectivity index (χ0n) is 16.3. The second-order valence-corrected chi connectivity index (χ2v) is 7.96. The van der Waals surface area contributed by atoms with Crippen molar-refractivity contribution < 1.29 is 9.90 Å². The summed E-state index contributed by atoms with van der Waals surface area (Å²) in [5.74, 6) is -1.10. The van der Waals surface area contributed by atoms with Crippen LogP contribution in [0.15, 0.2) is 69.1 Å². The van der Waals surface area contributed by atoms with Gasteiger partial charge in [0, 0.05) is 17.8 Å². The van der Waals surface area contributed by atoms with Crippen LogP contribution in [0.2, 0.25) is 0 Å². The number of aromatic hydroxyl groups is 1. The standard InChI is InChI=1S/C22H22N2O4S/c1-15(2)10-11-23-20(26)19(18(25)13-17-9-6-12-29-17)21(27)24(22(23)28)14-16-7-4-3-5-8-16/h3-10,12,27H,11,13-14H2,1-2H3. The molecule has 1 aromatic carbocycles. The molecule has 0 saturated heterocycles. The Kier molecular flexibility index (Phi) is 6.29. The Balaban J connectivity index is 2.15. The SMILES string of the molecule is CC(C)=CCn1c(=O)c(C(=O)Cc2cccs2)c(O)n(Cc2ccccc2)c1=O. The maximum absolute atomic E-state index is 12.9. The quantitative estimate of drug-likeness (QED) is 0.479. The molecule has 0 amide bonds. The van der Waals surface area contributed by atoms with Gasteiger partial charge in [0.25, 0.3) is 5.56 Å². The molecule has 7 heteroatoms. The largest absolute Gasteiger partial charge is 0.494 e. The molecule has 0 aliphatic rings. The third-order valence-electron chi connectivity index (χ3n) is 4.46. The van der Waals surface area contributed by atoms with Gasteiger partial charge in [0.1, 0.15) is 5.56 Å². The zero-order chi connectivity index (χ0) is 21.0. The van der Waals surface area contributed by atoms with Gasteiger partial charge in [-0.15, -0.1) is 11.3 Å². The highest BCUT2D eigenvalue weighted by Crippen LogP contribution is 2.18. The fourth-order valence-electron chi connectivity index (χ4n) is 2.94. The van der Waals surface area contributed by atoms with Gasteiger partial charge in [-0.05, 0) is 30.9 Å². The number of hydrogen-bond acceptors (Lipinski definition) is 5. The molecule has 3 rings (SSSR count). The van der Waals surface area contributed by atoms with Crippen LogP contribution in [-0.4, -0.2) is 20.0 Å². The third-order valence-corrected chi connectivity index (χ3v) is 5.34. The van der Waals surface area contributed by atoms with Gasteiger partial charge < -0.3 is 5.11 Å². The van der Waals surface area contributed by atoms with Crippen molar-refractivity contribution in [3.63, 3.8) is 0 Å². The molecular formula is C22H22N2O4S. The first kappa shape index (κ1) is 20.5. The van der Waals surface area contributed by atoms with Gasteiger partial charge in [0.05, 0.1) is 6.54 Å². The normalized spacial score (nSPS) is 10.7. The first-order valence-corrected chi connectivity index (χ1v) is 10.1. The van der Waals surface area contributed by atoms with Crippen LogP contribution < -0.4 is 11.2 Å². The molecule has 0 aliphatic heterocycles. The molecule has 150 valence electrons. The average molecular weight is 410 g/mol. The van der Waals surface area contributed by atoms with Gasteiger partial charge in [-0.3, -0.25) is 18.7 Å². The van der Waals surface area contributed by atoms with E-state index in [-0.39, 0.29) is 25.1 Å². The molecular weight excluding hydrogens is 388 g/mol. The van der Waals surface area contributed by atoms with Gasteiger partial charge in [0.15, 0.2) is 5.78 Å². The summed E-state index contributed by atoms with van der Waals surface area (Å²) in [6.45, 7) is 3.81. The van der Waals surface area contributed by atoms with E-state index in [1.165, 1.54) is 11.3 Å². The lowest BCUT2D eigenvalue weighted by Gasteiger charge is -2.15. The van der Waals surface area contributed by atoms with Crippen LogP contribution >= 0.6 is 11.3 Å². The van der Waals surface area contributed by atoms with E-state index in [0.717, 1.165) is 25.1 Å². The highest BCUT2D eigenvalue weighted by molar-refractivity contribution is 7.10. The highest BCUT2D eigenvalue weighted by atomic mass is 32.1. The number of carbonyl (C=O) groups is 1. The minimum atomic E-state index is -0.768. The number of hydrogen-bond donors (Lipinski definition) is 1. The van der Waals surface area contributed by atoms with Crippen LogP contribution in [0.25, 0.3) is 0 Å². The molecule has 0 atom stereocenters. The van der Waals surface area contributed by atoms with Gasteiger partial charge in [0.2, 0.25) is 5.88 Å². The number of rotatable bonds is 7. The first-order valence-electron chi connectivity index (χ1n) is 9.18. The van der Waals surface area contributed by atoms with E-state index >= 15 is 0 Å². The van der Waals surface area contributed by atoms with Crippen molar-refractivity contribution in [2.45, 2.75) is 33.4 Å². The molecule has 0 saturated carbocycles. The van der Waals surface area contributed by atoms with E-state index < -0.39 is 22.9 Å². The van der Waals surface area contributed by atoms with Crippen molar-refractivity contribution in [2.24, 2.45) is 0 Å². The summed E-state index contributed by atoms with van der Waals surface area (Å²) in [4.78, 5) is 39.5. The summed E-state index contributed by atoms with van der Waals surface area (Å²) in [5, 5.41) is 12.6. The van der Waals surface area contributed by atoms with E-state index in [9.17, 15) is 19.5 Å². The molecule has 2 aromatic heterocycles. The summed E-state index contributed by atoms with van der Waals surface area (Å²) in [6, 6.07) is 12.7. The van der Waals surface area contributed by atoms with Crippen molar-refractivity contribution in [1.82, 2.24) is 9.13 Å².